The van der Waals surface area contributed by atoms with Crippen molar-refractivity contribution in [3.8, 4) is 0 Å². The first-order valence-electron chi connectivity index (χ1n) is 4.91. The zero-order valence-corrected chi connectivity index (χ0v) is 11.4. The van der Waals surface area contributed by atoms with Gasteiger partial charge in [-0.15, -0.1) is 22.7 Å². The molecule has 92 valence electrons. The molecule has 0 aliphatic rings. The molecule has 7 heteroatoms. The predicted octanol–water partition coefficient (Wildman–Crippen LogP) is 1.75. The van der Waals surface area contributed by atoms with Crippen molar-refractivity contribution in [2.75, 3.05) is 0 Å². The van der Waals surface area contributed by atoms with Gasteiger partial charge in [0.25, 0.3) is 0 Å². The van der Waals surface area contributed by atoms with Crippen molar-refractivity contribution < 1.29 is 8.42 Å². The number of nitrogens with one attached hydrogen (secondary N) is 1. The fraction of sp³-hybridized carbons (Fsp3) is 0.200. The van der Waals surface area contributed by atoms with Gasteiger partial charge < -0.3 is 5.73 Å². The van der Waals surface area contributed by atoms with Crippen LogP contribution in [0.2, 0.25) is 0 Å². The topological polar surface area (TPSA) is 72.2 Å². The second kappa shape index (κ2) is 5.28. The first-order valence-corrected chi connectivity index (χ1v) is 8.15. The molecule has 0 aromatic carbocycles. The number of hydrogen-bond acceptors (Lipinski definition) is 5. The highest BCUT2D eigenvalue weighted by molar-refractivity contribution is 7.91. The average Bonchev–Trinajstić information content (AvgIpc) is 2.98. The molecule has 0 unspecified atom stereocenters. The molecule has 2 heterocycles. The van der Waals surface area contributed by atoms with Crippen molar-refractivity contribution in [2.24, 2.45) is 5.73 Å². The van der Waals surface area contributed by atoms with E-state index < -0.39 is 10.0 Å². The van der Waals surface area contributed by atoms with Gasteiger partial charge >= 0.3 is 0 Å². The molecule has 2 rings (SSSR count). The lowest BCUT2D eigenvalue weighted by Crippen LogP contribution is -2.21. The van der Waals surface area contributed by atoms with Crippen LogP contribution in [0.3, 0.4) is 0 Å². The molecule has 17 heavy (non-hydrogen) atoms. The van der Waals surface area contributed by atoms with E-state index in [4.69, 9.17) is 5.73 Å². The molecule has 3 N–H and O–H groups in total. The summed E-state index contributed by atoms with van der Waals surface area (Å²) >= 11 is 2.72. The third kappa shape index (κ3) is 3.14. The van der Waals surface area contributed by atoms with E-state index in [0.717, 1.165) is 10.4 Å². The Morgan fingerprint density at radius 2 is 2.18 bits per heavy atom. The Labute approximate surface area is 108 Å². The zero-order chi connectivity index (χ0) is 12.3. The highest BCUT2D eigenvalue weighted by Crippen LogP contribution is 2.20. The van der Waals surface area contributed by atoms with Crippen molar-refractivity contribution in [2.45, 2.75) is 17.3 Å². The Morgan fingerprint density at radius 3 is 2.76 bits per heavy atom. The van der Waals surface area contributed by atoms with Crippen LogP contribution < -0.4 is 10.5 Å². The van der Waals surface area contributed by atoms with Gasteiger partial charge in [-0.05, 0) is 28.5 Å². The second-order valence-corrected chi connectivity index (χ2v) is 7.32. The van der Waals surface area contributed by atoms with Gasteiger partial charge in [0.2, 0.25) is 10.0 Å². The standard InChI is InChI=1S/C10H12N2O2S3/c11-5-8-4-10(16-7-8)17(13,14)12-6-9-2-1-3-15-9/h1-4,7,12H,5-6,11H2. The molecule has 0 aliphatic heterocycles. The molecule has 0 spiro atoms. The smallest absolute Gasteiger partial charge is 0.250 e. The van der Waals surface area contributed by atoms with Crippen LogP contribution in [0.25, 0.3) is 0 Å². The minimum atomic E-state index is -3.41. The first-order chi connectivity index (χ1) is 8.12. The molecule has 0 aliphatic carbocycles. The third-order valence-electron chi connectivity index (χ3n) is 2.15. The monoisotopic (exact) mass is 288 g/mol. The van der Waals surface area contributed by atoms with Gasteiger partial charge in [0.05, 0.1) is 0 Å². The summed E-state index contributed by atoms with van der Waals surface area (Å²) in [5, 5.41) is 3.68. The summed E-state index contributed by atoms with van der Waals surface area (Å²) in [5.41, 5.74) is 6.29. The largest absolute Gasteiger partial charge is 0.326 e. The van der Waals surface area contributed by atoms with Crippen molar-refractivity contribution in [1.82, 2.24) is 4.72 Å². The number of hydrogen-bond donors (Lipinski definition) is 2. The number of sulfonamides is 1. The van der Waals surface area contributed by atoms with Crippen LogP contribution in [0.15, 0.2) is 33.2 Å². The van der Waals surface area contributed by atoms with Crippen LogP contribution in [-0.4, -0.2) is 8.42 Å². The highest BCUT2D eigenvalue weighted by Gasteiger charge is 2.16. The molecular weight excluding hydrogens is 276 g/mol. The lowest BCUT2D eigenvalue weighted by molar-refractivity contribution is 0.584. The van der Waals surface area contributed by atoms with E-state index in [-0.39, 0.29) is 0 Å². The Hall–Kier alpha value is -0.730. The lowest BCUT2D eigenvalue weighted by atomic mass is 10.4. The van der Waals surface area contributed by atoms with Gasteiger partial charge in [-0.1, -0.05) is 6.07 Å². The molecule has 2 aromatic rings. The molecule has 0 saturated heterocycles. The van der Waals surface area contributed by atoms with E-state index in [9.17, 15) is 8.42 Å². The number of nitrogens with two attached hydrogens (primary N) is 1. The maximum Gasteiger partial charge on any atom is 0.250 e. The van der Waals surface area contributed by atoms with E-state index in [1.165, 1.54) is 22.7 Å². The van der Waals surface area contributed by atoms with E-state index in [1.807, 2.05) is 17.5 Å². The SMILES string of the molecule is NCc1csc(S(=O)(=O)NCc2cccs2)c1. The van der Waals surface area contributed by atoms with E-state index in [1.54, 1.807) is 11.4 Å². The molecule has 2 aromatic heterocycles. The quantitative estimate of drug-likeness (QED) is 0.880. The van der Waals surface area contributed by atoms with Gasteiger partial charge in [0.1, 0.15) is 4.21 Å². The zero-order valence-electron chi connectivity index (χ0n) is 8.92. The van der Waals surface area contributed by atoms with Crippen LogP contribution in [-0.2, 0) is 23.1 Å². The maximum absolute atomic E-state index is 11.9. The molecule has 0 atom stereocenters. The van der Waals surface area contributed by atoms with Gasteiger partial charge in [0, 0.05) is 18.0 Å². The minimum absolute atomic E-state index is 0.314. The van der Waals surface area contributed by atoms with Crippen molar-refractivity contribution in [3.63, 3.8) is 0 Å². The summed E-state index contributed by atoms with van der Waals surface area (Å²) in [4.78, 5) is 0.990. The molecular formula is C10H12N2O2S3. The van der Waals surface area contributed by atoms with Gasteiger partial charge in [0.15, 0.2) is 0 Å². The summed E-state index contributed by atoms with van der Waals surface area (Å²) < 4.78 is 26.7. The van der Waals surface area contributed by atoms with Crippen molar-refractivity contribution in [3.05, 3.63) is 39.4 Å². The second-order valence-electron chi connectivity index (χ2n) is 3.38. The van der Waals surface area contributed by atoms with Gasteiger partial charge in [-0.25, -0.2) is 13.1 Å². The lowest BCUT2D eigenvalue weighted by Gasteiger charge is -2.02. The summed E-state index contributed by atoms with van der Waals surface area (Å²) in [7, 11) is -3.41. The Kier molecular flexibility index (Phi) is 3.95. The third-order valence-corrected chi connectivity index (χ3v) is 5.91. The van der Waals surface area contributed by atoms with Gasteiger partial charge in [-0.2, -0.15) is 0 Å². The summed E-state index contributed by atoms with van der Waals surface area (Å²) in [6.45, 7) is 0.687. The van der Waals surface area contributed by atoms with Crippen molar-refractivity contribution in [1.29, 1.82) is 0 Å². The highest BCUT2D eigenvalue weighted by atomic mass is 32.2. The van der Waals surface area contributed by atoms with Crippen LogP contribution in [0.1, 0.15) is 10.4 Å². The summed E-state index contributed by atoms with van der Waals surface area (Å²) in [6, 6.07) is 5.40. The number of rotatable bonds is 5. The number of thiophene rings is 2. The average molecular weight is 288 g/mol. The first kappa shape index (κ1) is 12.7. The normalized spacial score (nSPS) is 11.8. The molecule has 0 saturated carbocycles. The Balaban J connectivity index is 2.08. The maximum atomic E-state index is 11.9. The van der Waals surface area contributed by atoms with E-state index in [0.29, 0.717) is 17.3 Å². The predicted molar refractivity (Wildman–Crippen MR) is 70.6 cm³/mol. The fourth-order valence-corrected chi connectivity index (χ4v) is 4.26. The molecule has 0 amide bonds. The Bertz CT molecular complexity index is 572. The van der Waals surface area contributed by atoms with Gasteiger partial charge in [-0.3, -0.25) is 0 Å². The molecule has 4 nitrogen and oxygen atoms in total. The van der Waals surface area contributed by atoms with E-state index >= 15 is 0 Å². The summed E-state index contributed by atoms with van der Waals surface area (Å²) in [5.74, 6) is 0. The molecule has 0 bridgehead atoms. The minimum Gasteiger partial charge on any atom is -0.326 e. The molecule has 0 fully saturated rings. The van der Waals surface area contributed by atoms with Crippen molar-refractivity contribution >= 4 is 32.7 Å². The Morgan fingerprint density at radius 1 is 1.35 bits per heavy atom. The van der Waals surface area contributed by atoms with Crippen LogP contribution >= 0.6 is 22.7 Å². The summed E-state index contributed by atoms with van der Waals surface area (Å²) in [6.07, 6.45) is 0. The fourth-order valence-electron chi connectivity index (χ4n) is 1.25. The van der Waals surface area contributed by atoms with E-state index in [2.05, 4.69) is 4.72 Å². The van der Waals surface area contributed by atoms with Crippen LogP contribution in [0.4, 0.5) is 0 Å². The molecule has 0 radical (unpaired) electrons. The van der Waals surface area contributed by atoms with Crippen LogP contribution in [0.5, 0.6) is 0 Å². The van der Waals surface area contributed by atoms with Crippen LogP contribution in [0, 0.1) is 0 Å².